The van der Waals surface area contributed by atoms with E-state index in [1.807, 2.05) is 39.8 Å². The second kappa shape index (κ2) is 11.3. The lowest BCUT2D eigenvalue weighted by Gasteiger charge is -2.24. The number of alkyl halides is 1. The van der Waals surface area contributed by atoms with Gasteiger partial charge in [0.05, 0.1) is 6.04 Å². The largest absolute Gasteiger partial charge is 0.461 e. The van der Waals surface area contributed by atoms with Crippen molar-refractivity contribution in [3.05, 3.63) is 95.5 Å². The van der Waals surface area contributed by atoms with Gasteiger partial charge in [-0.15, -0.1) is 0 Å². The van der Waals surface area contributed by atoms with Crippen LogP contribution in [0.5, 0.6) is 0 Å². The van der Waals surface area contributed by atoms with Crippen molar-refractivity contribution in [2.45, 2.75) is 60.4 Å². The third-order valence-corrected chi connectivity index (χ3v) is 5.02. The molecule has 2 unspecified atom stereocenters. The summed E-state index contributed by atoms with van der Waals surface area (Å²) in [6.45, 7) is 22.7. The van der Waals surface area contributed by atoms with Crippen LogP contribution in [0.3, 0.4) is 0 Å². The number of ether oxygens (including phenoxy) is 1. The van der Waals surface area contributed by atoms with Crippen LogP contribution in [0, 0.1) is 0 Å². The number of halogens is 1. The fourth-order valence-corrected chi connectivity index (χ4v) is 3.57. The van der Waals surface area contributed by atoms with Gasteiger partial charge in [0.1, 0.15) is 5.76 Å². The predicted molar refractivity (Wildman–Crippen MR) is 124 cm³/mol. The minimum atomic E-state index is -1.41. The van der Waals surface area contributed by atoms with Crippen molar-refractivity contribution in [2.24, 2.45) is 0 Å². The molecule has 30 heavy (non-hydrogen) atoms. The van der Waals surface area contributed by atoms with Crippen molar-refractivity contribution in [3.63, 3.8) is 0 Å². The van der Waals surface area contributed by atoms with Crippen LogP contribution in [0.1, 0.15) is 48.0 Å². The summed E-state index contributed by atoms with van der Waals surface area (Å²) in [5, 5.41) is 0. The standard InChI is InChI=1S/C26H34FNO2/c1-10-21(16-23(13-4)30-20(9)27)17(6)15-18(7)25-19(8)24(14-5)28(26(25)29)22(11-2)12-3/h10-13,15-16,20,24H,1-2,8,14H2,3-7,9H3/b17-15+,21-16+,22-12+,23-13+,25-18+. The zero-order chi connectivity index (χ0) is 23.0. The van der Waals surface area contributed by atoms with Gasteiger partial charge in [0.15, 0.2) is 0 Å². The number of carbonyl (C=O) groups is 1. The molecule has 1 heterocycles. The molecule has 0 saturated carbocycles. The highest BCUT2D eigenvalue weighted by atomic mass is 19.1. The lowest BCUT2D eigenvalue weighted by molar-refractivity contribution is -0.124. The Morgan fingerprint density at radius 2 is 1.83 bits per heavy atom. The topological polar surface area (TPSA) is 29.5 Å². The van der Waals surface area contributed by atoms with E-state index in [2.05, 4.69) is 19.7 Å². The molecule has 0 N–H and O–H groups in total. The summed E-state index contributed by atoms with van der Waals surface area (Å²) in [6, 6.07) is -0.0937. The average molecular weight is 412 g/mol. The molecule has 1 rings (SSSR count). The molecule has 1 saturated heterocycles. The van der Waals surface area contributed by atoms with E-state index in [4.69, 9.17) is 4.74 Å². The highest BCUT2D eigenvalue weighted by molar-refractivity contribution is 6.04. The third-order valence-electron chi connectivity index (χ3n) is 5.02. The molecule has 4 heteroatoms. The van der Waals surface area contributed by atoms with Gasteiger partial charge < -0.3 is 9.64 Å². The minimum Gasteiger partial charge on any atom is -0.461 e. The van der Waals surface area contributed by atoms with Crippen LogP contribution in [0.4, 0.5) is 4.39 Å². The molecule has 3 nitrogen and oxygen atoms in total. The Kier molecular flexibility index (Phi) is 9.51. The summed E-state index contributed by atoms with van der Waals surface area (Å²) in [5.41, 5.74) is 4.68. The fraction of sp³-hybridized carbons (Fsp3) is 0.346. The Balaban J connectivity index is 3.44. The minimum absolute atomic E-state index is 0.0748. The first-order valence-electron chi connectivity index (χ1n) is 10.2. The number of allylic oxidation sites excluding steroid dienone is 9. The number of hydrogen-bond donors (Lipinski definition) is 0. The molecule has 0 aliphatic carbocycles. The maximum absolute atomic E-state index is 13.2. The van der Waals surface area contributed by atoms with Crippen molar-refractivity contribution in [1.29, 1.82) is 0 Å². The van der Waals surface area contributed by atoms with E-state index in [-0.39, 0.29) is 11.9 Å². The van der Waals surface area contributed by atoms with E-state index >= 15 is 0 Å². The van der Waals surface area contributed by atoms with Crippen LogP contribution >= 0.6 is 0 Å². The maximum Gasteiger partial charge on any atom is 0.259 e. The van der Waals surface area contributed by atoms with Crippen molar-refractivity contribution in [3.8, 4) is 0 Å². The molecule has 1 aliphatic rings. The van der Waals surface area contributed by atoms with Gasteiger partial charge in [0, 0.05) is 18.2 Å². The molecule has 0 spiro atoms. The first kappa shape index (κ1) is 25.2. The van der Waals surface area contributed by atoms with E-state index in [0.717, 1.165) is 34.4 Å². The molecule has 0 radical (unpaired) electrons. The van der Waals surface area contributed by atoms with Crippen LogP contribution < -0.4 is 0 Å². The molecule has 0 aromatic heterocycles. The van der Waals surface area contributed by atoms with Gasteiger partial charge in [-0.3, -0.25) is 4.79 Å². The summed E-state index contributed by atoms with van der Waals surface area (Å²) >= 11 is 0. The number of carbonyl (C=O) groups excluding carboxylic acids is 1. The fourth-order valence-electron chi connectivity index (χ4n) is 3.57. The van der Waals surface area contributed by atoms with Crippen LogP contribution in [-0.4, -0.2) is 23.2 Å². The molecular weight excluding hydrogens is 377 g/mol. The maximum atomic E-state index is 13.2. The van der Waals surface area contributed by atoms with Crippen molar-refractivity contribution >= 4 is 5.91 Å². The molecule has 0 aromatic carbocycles. The van der Waals surface area contributed by atoms with Gasteiger partial charge in [-0.25, -0.2) is 4.39 Å². The predicted octanol–water partition coefficient (Wildman–Crippen LogP) is 6.86. The van der Waals surface area contributed by atoms with E-state index < -0.39 is 6.36 Å². The Morgan fingerprint density at radius 3 is 2.27 bits per heavy atom. The Morgan fingerprint density at radius 1 is 1.20 bits per heavy atom. The Labute approximate surface area is 181 Å². The van der Waals surface area contributed by atoms with Crippen molar-refractivity contribution in [1.82, 2.24) is 4.90 Å². The highest BCUT2D eigenvalue weighted by Crippen LogP contribution is 2.36. The van der Waals surface area contributed by atoms with E-state index in [9.17, 15) is 9.18 Å². The monoisotopic (exact) mass is 411 g/mol. The molecule has 2 atom stereocenters. The lowest BCUT2D eigenvalue weighted by atomic mass is 9.96. The molecule has 0 aromatic rings. The molecule has 0 bridgehead atoms. The smallest absolute Gasteiger partial charge is 0.259 e. The summed E-state index contributed by atoms with van der Waals surface area (Å²) in [5.74, 6) is 0.342. The molecule has 1 amide bonds. The van der Waals surface area contributed by atoms with E-state index in [1.54, 1.807) is 36.1 Å². The molecule has 162 valence electrons. The van der Waals surface area contributed by atoms with Gasteiger partial charge in [-0.2, -0.15) is 0 Å². The summed E-state index contributed by atoms with van der Waals surface area (Å²) in [7, 11) is 0. The van der Waals surface area contributed by atoms with Crippen molar-refractivity contribution < 1.29 is 13.9 Å². The lowest BCUT2D eigenvalue weighted by Crippen LogP contribution is -2.31. The van der Waals surface area contributed by atoms with Crippen LogP contribution in [0.15, 0.2) is 95.5 Å². The Bertz CT molecular complexity index is 865. The second-order valence-electron chi connectivity index (χ2n) is 7.08. The van der Waals surface area contributed by atoms with E-state index in [1.165, 1.54) is 6.92 Å². The van der Waals surface area contributed by atoms with Crippen LogP contribution in [0.25, 0.3) is 0 Å². The summed E-state index contributed by atoms with van der Waals surface area (Å²) in [6.07, 6.45) is 9.95. The SMILES string of the molecule is C=CC(=C\C(=C/C)OC(C)F)/C(C)=C/C(C)=C1\C(=C)C(CC)N(/C(C=C)=C/C)C1=O. The average Bonchev–Trinajstić information content (AvgIpc) is 2.95. The van der Waals surface area contributed by atoms with Gasteiger partial charge >= 0.3 is 0 Å². The summed E-state index contributed by atoms with van der Waals surface area (Å²) in [4.78, 5) is 15.0. The number of nitrogens with zero attached hydrogens (tertiary/aromatic N) is 1. The normalized spacial score (nSPS) is 21.7. The number of rotatable bonds is 9. The van der Waals surface area contributed by atoms with Crippen molar-refractivity contribution in [2.75, 3.05) is 0 Å². The number of likely N-dealkylation sites (tertiary alicyclic amines) is 1. The quantitative estimate of drug-likeness (QED) is 0.235. The Hall–Kier alpha value is -2.88. The number of hydrogen-bond acceptors (Lipinski definition) is 2. The van der Waals surface area contributed by atoms with Gasteiger partial charge in [0.2, 0.25) is 6.36 Å². The first-order chi connectivity index (χ1) is 14.2. The molecule has 1 fully saturated rings. The molecular formula is C26H34FNO2. The van der Waals surface area contributed by atoms with E-state index in [0.29, 0.717) is 11.3 Å². The first-order valence-corrected chi connectivity index (χ1v) is 10.2. The van der Waals surface area contributed by atoms with Gasteiger partial charge in [-0.05, 0) is 74.6 Å². The van der Waals surface area contributed by atoms with Crippen LogP contribution in [-0.2, 0) is 9.53 Å². The van der Waals surface area contributed by atoms with Crippen LogP contribution in [0.2, 0.25) is 0 Å². The number of amides is 1. The zero-order valence-corrected chi connectivity index (χ0v) is 19.1. The second-order valence-corrected chi connectivity index (χ2v) is 7.08. The zero-order valence-electron chi connectivity index (χ0n) is 19.1. The summed E-state index contributed by atoms with van der Waals surface area (Å²) < 4.78 is 18.4. The third kappa shape index (κ3) is 5.59. The highest BCUT2D eigenvalue weighted by Gasteiger charge is 2.39. The van der Waals surface area contributed by atoms with Gasteiger partial charge in [-0.1, -0.05) is 44.9 Å². The van der Waals surface area contributed by atoms with Gasteiger partial charge in [0.25, 0.3) is 5.91 Å². The molecule has 1 aliphatic heterocycles.